The van der Waals surface area contributed by atoms with Crippen molar-refractivity contribution in [3.8, 4) is 0 Å². The van der Waals surface area contributed by atoms with Crippen molar-refractivity contribution in [1.29, 1.82) is 0 Å². The number of hydrogen-bond donors (Lipinski definition) is 1. The highest BCUT2D eigenvalue weighted by molar-refractivity contribution is 7.15. The van der Waals surface area contributed by atoms with Gasteiger partial charge >= 0.3 is 6.03 Å². The lowest BCUT2D eigenvalue weighted by Gasteiger charge is -2.11. The summed E-state index contributed by atoms with van der Waals surface area (Å²) in [5.74, 6) is 0. The predicted octanol–water partition coefficient (Wildman–Crippen LogP) is 1.31. The molecule has 1 aromatic rings. The van der Waals surface area contributed by atoms with Crippen molar-refractivity contribution in [2.75, 3.05) is 7.05 Å². The van der Waals surface area contributed by atoms with Gasteiger partial charge in [-0.2, -0.15) is 0 Å². The second-order valence-electron chi connectivity index (χ2n) is 2.27. The summed E-state index contributed by atoms with van der Waals surface area (Å²) in [6, 6.07) is -0.459. The van der Waals surface area contributed by atoms with Crippen molar-refractivity contribution in [3.63, 3.8) is 0 Å². The van der Waals surface area contributed by atoms with Gasteiger partial charge in [0.15, 0.2) is 4.47 Å². The van der Waals surface area contributed by atoms with Crippen molar-refractivity contribution in [2.24, 2.45) is 5.73 Å². The molecule has 4 nitrogen and oxygen atoms in total. The van der Waals surface area contributed by atoms with Crippen LogP contribution >= 0.6 is 22.9 Å². The molecule has 0 radical (unpaired) electrons. The van der Waals surface area contributed by atoms with Gasteiger partial charge in [-0.05, 0) is 0 Å². The molecule has 0 bridgehead atoms. The molecule has 0 aliphatic heterocycles. The Hall–Kier alpha value is -0.810. The molecule has 0 spiro atoms. The maximum atomic E-state index is 10.6. The van der Waals surface area contributed by atoms with E-state index in [9.17, 15) is 4.79 Å². The van der Waals surface area contributed by atoms with E-state index in [4.69, 9.17) is 17.3 Å². The van der Waals surface area contributed by atoms with E-state index in [1.165, 1.54) is 16.2 Å². The van der Waals surface area contributed by atoms with Crippen molar-refractivity contribution in [3.05, 3.63) is 15.5 Å². The molecule has 2 N–H and O–H groups in total. The number of carbonyl (C=O) groups is 1. The largest absolute Gasteiger partial charge is 0.351 e. The van der Waals surface area contributed by atoms with E-state index in [1.807, 2.05) is 0 Å². The van der Waals surface area contributed by atoms with Crippen molar-refractivity contribution in [1.82, 2.24) is 9.88 Å². The quantitative estimate of drug-likeness (QED) is 0.792. The first kappa shape index (κ1) is 9.28. The van der Waals surface area contributed by atoms with Crippen LogP contribution in [0.25, 0.3) is 0 Å². The number of carbonyl (C=O) groups excluding carboxylic acids is 1. The molecule has 0 aromatic carbocycles. The number of nitrogens with zero attached hydrogens (tertiary/aromatic N) is 2. The van der Waals surface area contributed by atoms with Gasteiger partial charge in [0.25, 0.3) is 0 Å². The molecule has 0 aliphatic carbocycles. The normalized spacial score (nSPS) is 9.83. The van der Waals surface area contributed by atoms with Gasteiger partial charge in [-0.25, -0.2) is 9.78 Å². The number of hydrogen-bond acceptors (Lipinski definition) is 3. The highest BCUT2D eigenvalue weighted by Crippen LogP contribution is 2.18. The lowest BCUT2D eigenvalue weighted by molar-refractivity contribution is 0.217. The van der Waals surface area contributed by atoms with E-state index in [0.29, 0.717) is 11.0 Å². The summed E-state index contributed by atoms with van der Waals surface area (Å²) in [5.41, 5.74) is 5.03. The monoisotopic (exact) mass is 205 g/mol. The van der Waals surface area contributed by atoms with Crippen LogP contribution in [0.3, 0.4) is 0 Å². The summed E-state index contributed by atoms with van der Waals surface area (Å²) < 4.78 is 0.475. The second kappa shape index (κ2) is 3.73. The molecule has 1 aromatic heterocycles. The number of halogens is 1. The zero-order chi connectivity index (χ0) is 9.14. The van der Waals surface area contributed by atoms with Gasteiger partial charge in [0.2, 0.25) is 0 Å². The third-order valence-electron chi connectivity index (χ3n) is 1.29. The van der Waals surface area contributed by atoms with Crippen molar-refractivity contribution >= 4 is 29.0 Å². The minimum absolute atomic E-state index is 0.458. The Kier molecular flexibility index (Phi) is 2.88. The first-order valence-electron chi connectivity index (χ1n) is 3.20. The molecule has 0 saturated heterocycles. The van der Waals surface area contributed by atoms with Crippen molar-refractivity contribution < 1.29 is 4.79 Å². The number of amides is 2. The van der Waals surface area contributed by atoms with Crippen LogP contribution in [0.1, 0.15) is 4.88 Å². The molecule has 0 aliphatic rings. The van der Waals surface area contributed by atoms with Gasteiger partial charge < -0.3 is 10.6 Å². The third-order valence-corrected chi connectivity index (χ3v) is 2.39. The Morgan fingerprint density at radius 1 is 1.92 bits per heavy atom. The van der Waals surface area contributed by atoms with E-state index in [1.54, 1.807) is 13.2 Å². The van der Waals surface area contributed by atoms with Gasteiger partial charge in [-0.3, -0.25) is 0 Å². The van der Waals surface area contributed by atoms with Crippen LogP contribution in [-0.4, -0.2) is 23.0 Å². The fraction of sp³-hybridized carbons (Fsp3) is 0.333. The number of rotatable bonds is 2. The van der Waals surface area contributed by atoms with E-state index in [2.05, 4.69) is 4.98 Å². The van der Waals surface area contributed by atoms with Gasteiger partial charge in [0.1, 0.15) is 0 Å². The highest BCUT2D eigenvalue weighted by atomic mass is 35.5. The maximum absolute atomic E-state index is 10.6. The Labute approximate surface area is 79.0 Å². The number of urea groups is 1. The SMILES string of the molecule is CN(Cc1cnc(Cl)s1)C(N)=O. The smallest absolute Gasteiger partial charge is 0.314 e. The van der Waals surface area contributed by atoms with Crippen molar-refractivity contribution in [2.45, 2.75) is 6.54 Å². The standard InChI is InChI=1S/C6H8ClN3OS/c1-10(6(8)11)3-4-2-9-5(7)12-4/h2H,3H2,1H3,(H2,8,11). The average Bonchev–Trinajstić information content (AvgIpc) is 2.35. The Balaban J connectivity index is 2.58. The number of nitrogens with two attached hydrogens (primary N) is 1. The summed E-state index contributed by atoms with van der Waals surface area (Å²) in [5, 5.41) is 0. The lowest BCUT2D eigenvalue weighted by atomic mass is 10.5. The van der Waals surface area contributed by atoms with Gasteiger partial charge in [0, 0.05) is 18.1 Å². The second-order valence-corrected chi connectivity index (χ2v) is 3.97. The predicted molar refractivity (Wildman–Crippen MR) is 48.2 cm³/mol. The molecule has 6 heteroatoms. The van der Waals surface area contributed by atoms with Crippen LogP contribution in [-0.2, 0) is 6.54 Å². The summed E-state index contributed by atoms with van der Waals surface area (Å²) in [6.45, 7) is 0.458. The summed E-state index contributed by atoms with van der Waals surface area (Å²) in [7, 11) is 1.62. The zero-order valence-corrected chi connectivity index (χ0v) is 8.02. The van der Waals surface area contributed by atoms with Gasteiger partial charge in [0.05, 0.1) is 6.54 Å². The lowest BCUT2D eigenvalue weighted by Crippen LogP contribution is -2.31. The summed E-state index contributed by atoms with van der Waals surface area (Å²) in [4.78, 5) is 16.8. The first-order chi connectivity index (χ1) is 5.59. The van der Waals surface area contributed by atoms with E-state index >= 15 is 0 Å². The molecular weight excluding hydrogens is 198 g/mol. The molecular formula is C6H8ClN3OS. The minimum atomic E-state index is -0.459. The minimum Gasteiger partial charge on any atom is -0.351 e. The fourth-order valence-electron chi connectivity index (χ4n) is 0.668. The number of thiazole rings is 1. The Morgan fingerprint density at radius 2 is 2.58 bits per heavy atom. The van der Waals surface area contributed by atoms with Gasteiger partial charge in [-0.15, -0.1) is 11.3 Å². The number of aromatic nitrogens is 1. The van der Waals surface area contributed by atoms with E-state index in [0.717, 1.165) is 4.88 Å². The molecule has 1 rings (SSSR count). The summed E-state index contributed by atoms with van der Waals surface area (Å²) >= 11 is 6.93. The molecule has 0 saturated carbocycles. The van der Waals surface area contributed by atoms with Crippen LogP contribution in [0.2, 0.25) is 4.47 Å². The molecule has 1 heterocycles. The maximum Gasteiger partial charge on any atom is 0.314 e. The molecule has 2 amide bonds. The molecule has 12 heavy (non-hydrogen) atoms. The van der Waals surface area contributed by atoms with E-state index in [-0.39, 0.29) is 0 Å². The van der Waals surface area contributed by atoms with Crippen LogP contribution < -0.4 is 5.73 Å². The van der Waals surface area contributed by atoms with E-state index < -0.39 is 6.03 Å². The summed E-state index contributed by atoms with van der Waals surface area (Å²) in [6.07, 6.45) is 1.63. The molecule has 66 valence electrons. The molecule has 0 unspecified atom stereocenters. The van der Waals surface area contributed by atoms with Gasteiger partial charge in [-0.1, -0.05) is 11.6 Å². The van der Waals surface area contributed by atoms with Crippen LogP contribution in [0.4, 0.5) is 4.79 Å². The molecule has 0 atom stereocenters. The Bertz CT molecular complexity index is 288. The Morgan fingerprint density at radius 3 is 3.00 bits per heavy atom. The first-order valence-corrected chi connectivity index (χ1v) is 4.40. The number of primary amides is 1. The third kappa shape index (κ3) is 2.35. The average molecular weight is 206 g/mol. The highest BCUT2D eigenvalue weighted by Gasteiger charge is 2.06. The van der Waals surface area contributed by atoms with Crippen LogP contribution in [0, 0.1) is 0 Å². The van der Waals surface area contributed by atoms with Crippen LogP contribution in [0.15, 0.2) is 6.20 Å². The topological polar surface area (TPSA) is 59.2 Å². The van der Waals surface area contributed by atoms with Crippen LogP contribution in [0.5, 0.6) is 0 Å². The zero-order valence-electron chi connectivity index (χ0n) is 6.45. The molecule has 0 fully saturated rings. The fourth-order valence-corrected chi connectivity index (χ4v) is 1.70.